The van der Waals surface area contributed by atoms with E-state index in [-0.39, 0.29) is 4.90 Å². The molecule has 0 atom stereocenters. The maximum atomic E-state index is 12.7. The Hall–Kier alpha value is -2.67. The molecule has 0 unspecified atom stereocenters. The Morgan fingerprint density at radius 2 is 1.72 bits per heavy atom. The van der Waals surface area contributed by atoms with Gasteiger partial charge in [0.05, 0.1) is 12.0 Å². The van der Waals surface area contributed by atoms with Crippen LogP contribution in [-0.4, -0.2) is 29.7 Å². The lowest BCUT2D eigenvalue weighted by molar-refractivity contribution is 0.415. The summed E-state index contributed by atoms with van der Waals surface area (Å²) in [4.78, 5) is 4.33. The van der Waals surface area contributed by atoms with Crippen LogP contribution in [0.15, 0.2) is 59.8 Å². The first-order valence-electron chi connectivity index (χ1n) is 7.99. The molecule has 0 aliphatic heterocycles. The average molecular weight is 355 g/mol. The molecule has 128 valence electrons. The quantitative estimate of drug-likeness (QED) is 0.703. The van der Waals surface area contributed by atoms with E-state index < -0.39 is 10.0 Å². The number of hydrogen-bond donors (Lipinski definition) is 0. The summed E-state index contributed by atoms with van der Waals surface area (Å²) in [7, 11) is -2.16. The normalized spacial score (nSPS) is 14.4. The van der Waals surface area contributed by atoms with Crippen LogP contribution < -0.4 is 4.74 Å². The minimum Gasteiger partial charge on any atom is -0.497 e. The van der Waals surface area contributed by atoms with Crippen LogP contribution >= 0.6 is 0 Å². The Morgan fingerprint density at radius 1 is 1.04 bits per heavy atom. The summed E-state index contributed by atoms with van der Waals surface area (Å²) in [5, 5.41) is 4.13. The largest absolute Gasteiger partial charge is 0.497 e. The third kappa shape index (κ3) is 3.02. The van der Waals surface area contributed by atoms with Gasteiger partial charge in [-0.1, -0.05) is 12.1 Å². The van der Waals surface area contributed by atoms with E-state index in [1.165, 1.54) is 24.7 Å². The molecule has 0 radical (unpaired) electrons. The molecule has 25 heavy (non-hydrogen) atoms. The van der Waals surface area contributed by atoms with E-state index in [1.807, 2.05) is 12.1 Å². The summed E-state index contributed by atoms with van der Waals surface area (Å²) < 4.78 is 31.5. The number of rotatable bonds is 5. The first-order chi connectivity index (χ1) is 12.1. The van der Waals surface area contributed by atoms with Crippen molar-refractivity contribution in [2.75, 3.05) is 7.11 Å². The summed E-state index contributed by atoms with van der Waals surface area (Å²) in [6, 6.07) is 14.2. The maximum absolute atomic E-state index is 12.7. The Balaban J connectivity index is 1.63. The van der Waals surface area contributed by atoms with Gasteiger partial charge in [-0.15, -0.1) is 9.19 Å². The van der Waals surface area contributed by atoms with Gasteiger partial charge in [-0.05, 0) is 60.7 Å². The Morgan fingerprint density at radius 3 is 2.32 bits per heavy atom. The minimum absolute atomic E-state index is 0.211. The molecule has 0 amide bonds. The smallest absolute Gasteiger partial charge is 0.284 e. The van der Waals surface area contributed by atoms with Crippen molar-refractivity contribution >= 4 is 10.0 Å². The van der Waals surface area contributed by atoms with E-state index in [0.29, 0.717) is 17.5 Å². The molecule has 0 spiro atoms. The topological polar surface area (TPSA) is 74.1 Å². The van der Waals surface area contributed by atoms with Crippen molar-refractivity contribution in [3.8, 4) is 17.1 Å². The lowest BCUT2D eigenvalue weighted by Gasteiger charge is -2.05. The number of ether oxygens (including phenoxy) is 1. The Bertz CT molecular complexity index is 989. The third-order valence-corrected chi connectivity index (χ3v) is 5.83. The first kappa shape index (κ1) is 15.8. The number of nitrogens with zero attached hydrogens (tertiary/aromatic N) is 3. The van der Waals surface area contributed by atoms with E-state index in [9.17, 15) is 8.42 Å². The van der Waals surface area contributed by atoms with Gasteiger partial charge >= 0.3 is 0 Å². The lowest BCUT2D eigenvalue weighted by Crippen LogP contribution is -2.13. The lowest BCUT2D eigenvalue weighted by atomic mass is 10.1. The van der Waals surface area contributed by atoms with Crippen molar-refractivity contribution in [2.45, 2.75) is 23.7 Å². The molecule has 3 aromatic rings. The van der Waals surface area contributed by atoms with Crippen LogP contribution in [0.2, 0.25) is 0 Å². The van der Waals surface area contributed by atoms with Gasteiger partial charge in [0.15, 0.2) is 5.82 Å². The third-order valence-electron chi connectivity index (χ3n) is 4.29. The van der Waals surface area contributed by atoms with Crippen LogP contribution in [0.25, 0.3) is 11.4 Å². The number of aromatic nitrogens is 3. The van der Waals surface area contributed by atoms with Crippen molar-refractivity contribution in [1.29, 1.82) is 0 Å². The zero-order valence-electron chi connectivity index (χ0n) is 13.7. The highest BCUT2D eigenvalue weighted by atomic mass is 32.2. The van der Waals surface area contributed by atoms with Gasteiger partial charge in [0.2, 0.25) is 0 Å². The monoisotopic (exact) mass is 355 g/mol. The van der Waals surface area contributed by atoms with Gasteiger partial charge in [0.25, 0.3) is 10.0 Å². The predicted molar refractivity (Wildman–Crippen MR) is 93.0 cm³/mol. The Labute approximate surface area is 146 Å². The van der Waals surface area contributed by atoms with Gasteiger partial charge in [0, 0.05) is 5.56 Å². The molecule has 1 fully saturated rings. The Kier molecular flexibility index (Phi) is 3.80. The van der Waals surface area contributed by atoms with Crippen molar-refractivity contribution < 1.29 is 13.2 Å². The molecule has 1 saturated carbocycles. The molecule has 1 aliphatic carbocycles. The molecule has 0 bridgehead atoms. The molecule has 4 rings (SSSR count). The van der Waals surface area contributed by atoms with Crippen LogP contribution in [0.5, 0.6) is 5.75 Å². The standard InChI is InChI=1S/C18H17N3O3S/c1-24-16-8-4-15(5-9-16)18-19-12-21(20-18)25(22,23)17-10-6-14(7-11-17)13-2-3-13/h4-13H,2-3H2,1H3. The fourth-order valence-corrected chi connectivity index (χ4v) is 3.73. The second-order valence-electron chi connectivity index (χ2n) is 6.02. The maximum Gasteiger partial charge on any atom is 0.284 e. The zero-order valence-corrected chi connectivity index (χ0v) is 14.5. The van der Waals surface area contributed by atoms with Gasteiger partial charge < -0.3 is 4.74 Å². The molecule has 0 N–H and O–H groups in total. The van der Waals surface area contributed by atoms with Crippen molar-refractivity contribution in [3.63, 3.8) is 0 Å². The summed E-state index contributed by atoms with van der Waals surface area (Å²) >= 11 is 0. The van der Waals surface area contributed by atoms with Crippen LogP contribution in [0.4, 0.5) is 0 Å². The van der Waals surface area contributed by atoms with Gasteiger partial charge in [-0.2, -0.15) is 8.42 Å². The highest BCUT2D eigenvalue weighted by Gasteiger charge is 2.25. The van der Waals surface area contributed by atoms with E-state index >= 15 is 0 Å². The van der Waals surface area contributed by atoms with E-state index in [2.05, 4.69) is 10.1 Å². The summed E-state index contributed by atoms with van der Waals surface area (Å²) in [5.41, 5.74) is 1.91. The number of methoxy groups -OCH3 is 1. The number of benzene rings is 2. The summed E-state index contributed by atoms with van der Waals surface area (Å²) in [6.07, 6.45) is 3.59. The molecular weight excluding hydrogens is 338 g/mol. The fraction of sp³-hybridized carbons (Fsp3) is 0.222. The van der Waals surface area contributed by atoms with Crippen LogP contribution in [0, 0.1) is 0 Å². The van der Waals surface area contributed by atoms with Crippen LogP contribution in [0.3, 0.4) is 0 Å². The molecule has 6 nitrogen and oxygen atoms in total. The highest BCUT2D eigenvalue weighted by molar-refractivity contribution is 7.89. The van der Waals surface area contributed by atoms with Gasteiger partial charge in [-0.25, -0.2) is 4.98 Å². The van der Waals surface area contributed by atoms with Crippen LogP contribution in [-0.2, 0) is 10.0 Å². The molecular formula is C18H17N3O3S. The molecule has 1 heterocycles. The molecule has 0 saturated heterocycles. The summed E-state index contributed by atoms with van der Waals surface area (Å²) in [6.45, 7) is 0. The fourth-order valence-electron chi connectivity index (χ4n) is 2.67. The van der Waals surface area contributed by atoms with E-state index in [1.54, 1.807) is 43.5 Å². The number of hydrogen-bond acceptors (Lipinski definition) is 5. The second-order valence-corrected chi connectivity index (χ2v) is 7.81. The van der Waals surface area contributed by atoms with Crippen molar-refractivity contribution in [2.24, 2.45) is 0 Å². The van der Waals surface area contributed by atoms with Crippen LogP contribution in [0.1, 0.15) is 24.3 Å². The SMILES string of the molecule is COc1ccc(-c2ncn(S(=O)(=O)c3ccc(C4CC4)cc3)n2)cc1. The van der Waals surface area contributed by atoms with Gasteiger partial charge in [0.1, 0.15) is 12.1 Å². The van der Waals surface area contributed by atoms with Crippen molar-refractivity contribution in [1.82, 2.24) is 14.2 Å². The predicted octanol–water partition coefficient (Wildman–Crippen LogP) is 3.07. The van der Waals surface area contributed by atoms with E-state index in [0.717, 1.165) is 9.65 Å². The zero-order chi connectivity index (χ0) is 17.4. The molecule has 1 aromatic heterocycles. The second kappa shape index (κ2) is 6.00. The molecule has 2 aromatic carbocycles. The summed E-state index contributed by atoms with van der Waals surface area (Å²) in [5.74, 6) is 1.65. The molecule has 7 heteroatoms. The van der Waals surface area contributed by atoms with E-state index in [4.69, 9.17) is 4.74 Å². The van der Waals surface area contributed by atoms with Crippen molar-refractivity contribution in [3.05, 3.63) is 60.4 Å². The highest BCUT2D eigenvalue weighted by Crippen LogP contribution is 2.40. The van der Waals surface area contributed by atoms with Gasteiger partial charge in [-0.3, -0.25) is 0 Å². The molecule has 1 aliphatic rings. The average Bonchev–Trinajstić information content (AvgIpc) is 3.38. The minimum atomic E-state index is -3.74. The first-order valence-corrected chi connectivity index (χ1v) is 9.43.